The zero-order chi connectivity index (χ0) is 18.2. The molecular weight excluding hydrogens is 308 g/mol. The van der Waals surface area contributed by atoms with E-state index in [1.54, 1.807) is 18.2 Å². The molecule has 0 aliphatic rings. The van der Waals surface area contributed by atoms with Crippen LogP contribution in [0.15, 0.2) is 48.6 Å². The molecule has 1 rings (SSSR count). The fraction of sp³-hybridized carbons (Fsp3) is 0.478. The molecule has 0 aliphatic carbocycles. The summed E-state index contributed by atoms with van der Waals surface area (Å²) in [6.45, 7) is 2.26. The van der Waals surface area contributed by atoms with Gasteiger partial charge in [0.25, 0.3) is 0 Å². The molecule has 0 aromatic heterocycles. The quantitative estimate of drug-likeness (QED) is 0.227. The molecule has 2 N–H and O–H groups in total. The zero-order valence-corrected chi connectivity index (χ0v) is 15.7. The summed E-state index contributed by atoms with van der Waals surface area (Å²) < 4.78 is 0. The van der Waals surface area contributed by atoms with Gasteiger partial charge in [-0.25, -0.2) is 0 Å². The monoisotopic (exact) mass is 342 g/mol. The van der Waals surface area contributed by atoms with E-state index in [2.05, 4.69) is 19.1 Å². The van der Waals surface area contributed by atoms with Crippen LogP contribution in [0, 0.1) is 0 Å². The van der Waals surface area contributed by atoms with Crippen LogP contribution in [0.2, 0.25) is 0 Å². The molecule has 0 radical (unpaired) electrons. The minimum atomic E-state index is -0.0908. The summed E-state index contributed by atoms with van der Waals surface area (Å²) in [6.07, 6.45) is 25.3. The maximum atomic E-state index is 9.67. The molecule has 0 unspecified atom stereocenters. The summed E-state index contributed by atoms with van der Waals surface area (Å²) in [5.41, 5.74) is 0.614. The number of allylic oxidation sites excluding steroid dienone is 5. The highest BCUT2D eigenvalue weighted by atomic mass is 16.3. The zero-order valence-electron chi connectivity index (χ0n) is 15.7. The maximum absolute atomic E-state index is 9.67. The maximum Gasteiger partial charge on any atom is 0.164 e. The van der Waals surface area contributed by atoms with Crippen LogP contribution in [0.1, 0.15) is 76.7 Å². The van der Waals surface area contributed by atoms with Gasteiger partial charge in [0.15, 0.2) is 11.5 Å². The Hall–Kier alpha value is -1.96. The summed E-state index contributed by atoms with van der Waals surface area (Å²) in [4.78, 5) is 0. The van der Waals surface area contributed by atoms with Crippen LogP contribution in [-0.4, -0.2) is 10.2 Å². The predicted molar refractivity (Wildman–Crippen MR) is 109 cm³/mol. The van der Waals surface area contributed by atoms with E-state index in [9.17, 15) is 10.2 Å². The normalized spacial score (nSPS) is 12.0. The topological polar surface area (TPSA) is 40.5 Å². The number of hydrogen-bond donors (Lipinski definition) is 2. The highest BCUT2D eigenvalue weighted by Gasteiger charge is 2.00. The first-order chi connectivity index (χ1) is 12.3. The van der Waals surface area contributed by atoms with Crippen LogP contribution in [0.5, 0.6) is 11.5 Å². The second kappa shape index (κ2) is 14.4. The van der Waals surface area contributed by atoms with Crippen molar-refractivity contribution < 1.29 is 10.2 Å². The number of unbranched alkanes of at least 4 members (excludes halogenated alkanes) is 9. The standard InChI is InChI=1S/C23H34O2/c1-2-3-4-5-6-7-8-9-10-11-12-13-14-15-16-18-21-19-17-20-22(24)23(21)25/h12-20,24-25H,2-11H2,1H3/b13-12+,15-14+,18-16+. The average Bonchev–Trinajstić information content (AvgIpc) is 2.61. The highest BCUT2D eigenvalue weighted by molar-refractivity contribution is 5.62. The van der Waals surface area contributed by atoms with Crippen molar-refractivity contribution in [3.05, 3.63) is 54.1 Å². The van der Waals surface area contributed by atoms with Crippen LogP contribution in [-0.2, 0) is 0 Å². The Morgan fingerprint density at radius 2 is 1.40 bits per heavy atom. The van der Waals surface area contributed by atoms with E-state index in [0.717, 1.165) is 6.42 Å². The van der Waals surface area contributed by atoms with Gasteiger partial charge in [0.1, 0.15) is 0 Å². The summed E-state index contributed by atoms with van der Waals surface area (Å²) in [7, 11) is 0. The van der Waals surface area contributed by atoms with E-state index in [0.29, 0.717) is 5.56 Å². The molecule has 0 aliphatic heterocycles. The summed E-state index contributed by atoms with van der Waals surface area (Å²) >= 11 is 0. The van der Waals surface area contributed by atoms with Crippen LogP contribution in [0.4, 0.5) is 0 Å². The number of phenolic OH excluding ortho intramolecular Hbond substituents is 2. The van der Waals surface area contributed by atoms with Gasteiger partial charge < -0.3 is 10.2 Å². The van der Waals surface area contributed by atoms with Crippen molar-refractivity contribution in [1.29, 1.82) is 0 Å². The van der Waals surface area contributed by atoms with Crippen LogP contribution >= 0.6 is 0 Å². The number of phenols is 2. The molecule has 1 aromatic carbocycles. The summed E-state index contributed by atoms with van der Waals surface area (Å²) in [5.74, 6) is -0.167. The fourth-order valence-electron chi connectivity index (χ4n) is 2.72. The van der Waals surface area contributed by atoms with E-state index >= 15 is 0 Å². The molecule has 1 aromatic rings. The molecule has 0 fully saturated rings. The van der Waals surface area contributed by atoms with Crippen molar-refractivity contribution in [3.63, 3.8) is 0 Å². The van der Waals surface area contributed by atoms with Gasteiger partial charge in [0.2, 0.25) is 0 Å². The van der Waals surface area contributed by atoms with E-state index < -0.39 is 0 Å². The van der Waals surface area contributed by atoms with Gasteiger partial charge >= 0.3 is 0 Å². The fourth-order valence-corrected chi connectivity index (χ4v) is 2.72. The molecule has 0 spiro atoms. The van der Waals surface area contributed by atoms with Crippen molar-refractivity contribution in [1.82, 2.24) is 0 Å². The van der Waals surface area contributed by atoms with Crippen molar-refractivity contribution in [2.24, 2.45) is 0 Å². The lowest BCUT2D eigenvalue weighted by atomic mass is 10.1. The van der Waals surface area contributed by atoms with Crippen molar-refractivity contribution >= 4 is 6.08 Å². The number of para-hydroxylation sites is 1. The molecular formula is C23H34O2. The van der Waals surface area contributed by atoms with Crippen molar-refractivity contribution in [2.75, 3.05) is 0 Å². The Morgan fingerprint density at radius 3 is 2.12 bits per heavy atom. The molecule has 2 nitrogen and oxygen atoms in total. The molecule has 0 heterocycles. The molecule has 0 saturated carbocycles. The first-order valence-electron chi connectivity index (χ1n) is 9.76. The third kappa shape index (κ3) is 10.5. The van der Waals surface area contributed by atoms with Gasteiger partial charge in [-0.05, 0) is 18.9 Å². The smallest absolute Gasteiger partial charge is 0.164 e. The summed E-state index contributed by atoms with van der Waals surface area (Å²) in [6, 6.07) is 4.94. The van der Waals surface area contributed by atoms with Crippen molar-refractivity contribution in [3.8, 4) is 11.5 Å². The van der Waals surface area contributed by atoms with Crippen LogP contribution in [0.25, 0.3) is 6.08 Å². The Balaban J connectivity index is 2.05. The van der Waals surface area contributed by atoms with Crippen LogP contribution < -0.4 is 0 Å². The van der Waals surface area contributed by atoms with Crippen LogP contribution in [0.3, 0.4) is 0 Å². The number of rotatable bonds is 13. The predicted octanol–water partition coefficient (Wildman–Crippen LogP) is 7.14. The largest absolute Gasteiger partial charge is 0.504 e. The van der Waals surface area contributed by atoms with E-state index in [1.165, 1.54) is 63.9 Å². The minimum Gasteiger partial charge on any atom is -0.504 e. The number of benzene rings is 1. The SMILES string of the molecule is CCCCCCCCCCC/C=C/C=C/C=C/c1cccc(O)c1O. The summed E-state index contributed by atoms with van der Waals surface area (Å²) in [5, 5.41) is 19.1. The number of aromatic hydroxyl groups is 2. The molecule has 0 bridgehead atoms. The first kappa shape index (κ1) is 21.1. The van der Waals surface area contributed by atoms with Gasteiger partial charge in [-0.2, -0.15) is 0 Å². The van der Waals surface area contributed by atoms with Crippen molar-refractivity contribution in [2.45, 2.75) is 71.1 Å². The lowest BCUT2D eigenvalue weighted by molar-refractivity contribution is 0.403. The Bertz CT molecular complexity index is 541. The second-order valence-electron chi connectivity index (χ2n) is 6.50. The Labute approximate surface area is 153 Å². The van der Waals surface area contributed by atoms with Gasteiger partial charge in [0.05, 0.1) is 0 Å². The van der Waals surface area contributed by atoms with E-state index in [4.69, 9.17) is 0 Å². The Kier molecular flexibility index (Phi) is 12.1. The lowest BCUT2D eigenvalue weighted by Crippen LogP contribution is -1.80. The minimum absolute atomic E-state index is 0.0759. The van der Waals surface area contributed by atoms with E-state index in [-0.39, 0.29) is 11.5 Å². The van der Waals surface area contributed by atoms with E-state index in [1.807, 2.05) is 18.2 Å². The molecule has 25 heavy (non-hydrogen) atoms. The molecule has 0 saturated heterocycles. The van der Waals surface area contributed by atoms with Gasteiger partial charge in [-0.3, -0.25) is 0 Å². The van der Waals surface area contributed by atoms with Gasteiger partial charge in [-0.1, -0.05) is 107 Å². The van der Waals surface area contributed by atoms with Gasteiger partial charge in [-0.15, -0.1) is 0 Å². The molecule has 138 valence electrons. The second-order valence-corrected chi connectivity index (χ2v) is 6.50. The third-order valence-electron chi connectivity index (χ3n) is 4.27. The molecule has 0 amide bonds. The lowest BCUT2D eigenvalue weighted by Gasteiger charge is -2.00. The first-order valence-corrected chi connectivity index (χ1v) is 9.76. The highest BCUT2D eigenvalue weighted by Crippen LogP contribution is 2.28. The molecule has 2 heteroatoms. The molecule has 0 atom stereocenters. The Morgan fingerprint density at radius 1 is 0.760 bits per heavy atom. The average molecular weight is 343 g/mol. The van der Waals surface area contributed by atoms with Gasteiger partial charge in [0, 0.05) is 5.56 Å². The number of hydrogen-bond acceptors (Lipinski definition) is 2. The third-order valence-corrected chi connectivity index (χ3v) is 4.27.